The molecule has 10 nitrogen and oxygen atoms in total. The molecule has 1 atom stereocenters. The van der Waals surface area contributed by atoms with Gasteiger partial charge in [0.15, 0.2) is 22.5 Å². The molecule has 3 aromatic rings. The Bertz CT molecular complexity index is 1580. The molecule has 0 amide bonds. The molecule has 0 saturated carbocycles. The van der Waals surface area contributed by atoms with E-state index in [9.17, 15) is 23.5 Å². The standard InChI is InChI=1S/C28H27ClF2N6O4S/c1-4-41-27(40)19-22(15-7-10-37(11-8-15)28-33-13(2)18(26(38)39)14(3)34-28)35-24(25-32-9-12-42-25)36-23(19)16-5-6-17(30)21(31)20(16)29/h5-6,9,12,15,23H,4,7-8,10-11H2,1-3H3,(H,35,36)(H,38,39). The topological polar surface area (TPSA) is 130 Å². The SMILES string of the molecule is CCOC(=O)C1=C(C2CCN(c3nc(C)c(C(=O)O)c(C)n3)CC2)NC(c2nccs2)=NC1c1ccc(F)c(F)c1Cl. The summed E-state index contributed by atoms with van der Waals surface area (Å²) in [6.45, 7) is 6.07. The predicted octanol–water partition coefficient (Wildman–Crippen LogP) is 5.00. The zero-order chi connectivity index (χ0) is 30.1. The summed E-state index contributed by atoms with van der Waals surface area (Å²) in [7, 11) is 0. The van der Waals surface area contributed by atoms with Gasteiger partial charge in [0.05, 0.1) is 28.6 Å². The number of anilines is 1. The minimum absolute atomic E-state index is 0.0835. The van der Waals surface area contributed by atoms with Gasteiger partial charge in [0, 0.05) is 41.8 Å². The number of aryl methyl sites for hydroxylation is 2. The van der Waals surface area contributed by atoms with Crippen LogP contribution in [0.4, 0.5) is 14.7 Å². The molecule has 4 heterocycles. The molecule has 0 spiro atoms. The largest absolute Gasteiger partial charge is 0.478 e. The molecule has 0 aliphatic carbocycles. The highest BCUT2D eigenvalue weighted by atomic mass is 35.5. The van der Waals surface area contributed by atoms with E-state index in [0.29, 0.717) is 59.8 Å². The number of carboxylic acid groups (broad SMARTS) is 1. The molecule has 0 bridgehead atoms. The van der Waals surface area contributed by atoms with E-state index in [1.54, 1.807) is 32.3 Å². The number of carboxylic acids is 1. The monoisotopic (exact) mass is 616 g/mol. The summed E-state index contributed by atoms with van der Waals surface area (Å²) in [6.07, 6.45) is 2.75. The summed E-state index contributed by atoms with van der Waals surface area (Å²) in [6, 6.07) is 1.21. The van der Waals surface area contributed by atoms with Crippen LogP contribution in [0.3, 0.4) is 0 Å². The van der Waals surface area contributed by atoms with E-state index in [1.807, 2.05) is 4.90 Å². The number of aromatic carboxylic acids is 1. The van der Waals surface area contributed by atoms with Crippen LogP contribution >= 0.6 is 22.9 Å². The number of benzene rings is 1. The Labute approximate surface area is 249 Å². The number of rotatable bonds is 7. The molecule has 2 aliphatic heterocycles. The molecule has 2 N–H and O–H groups in total. The van der Waals surface area contributed by atoms with Crippen LogP contribution in [0.1, 0.15) is 58.1 Å². The Balaban J connectivity index is 1.53. The number of nitrogens with one attached hydrogen (secondary N) is 1. The molecule has 1 unspecified atom stereocenters. The second-order valence-electron chi connectivity index (χ2n) is 9.79. The van der Waals surface area contributed by atoms with E-state index in [2.05, 4.69) is 20.3 Å². The maximum atomic E-state index is 14.6. The molecular weight excluding hydrogens is 590 g/mol. The first-order valence-electron chi connectivity index (χ1n) is 13.2. The van der Waals surface area contributed by atoms with Crippen molar-refractivity contribution < 1.29 is 28.2 Å². The van der Waals surface area contributed by atoms with Crippen molar-refractivity contribution in [2.75, 3.05) is 24.6 Å². The third kappa shape index (κ3) is 5.58. The summed E-state index contributed by atoms with van der Waals surface area (Å²) >= 11 is 7.61. The van der Waals surface area contributed by atoms with E-state index in [0.717, 1.165) is 6.07 Å². The molecule has 14 heteroatoms. The molecule has 42 heavy (non-hydrogen) atoms. The minimum atomic E-state index is -1.23. The van der Waals surface area contributed by atoms with Crippen LogP contribution in [-0.2, 0) is 9.53 Å². The van der Waals surface area contributed by atoms with Gasteiger partial charge in [-0.3, -0.25) is 4.99 Å². The number of piperidine rings is 1. The summed E-state index contributed by atoms with van der Waals surface area (Å²) in [5, 5.41) is 14.6. The number of carbonyl (C=O) groups is 2. The fourth-order valence-electron chi connectivity index (χ4n) is 5.26. The van der Waals surface area contributed by atoms with Crippen molar-refractivity contribution in [3.8, 4) is 0 Å². The Morgan fingerprint density at radius 2 is 1.88 bits per heavy atom. The van der Waals surface area contributed by atoms with Gasteiger partial charge in [0.1, 0.15) is 11.6 Å². The number of thiazole rings is 1. The van der Waals surface area contributed by atoms with E-state index >= 15 is 0 Å². The van der Waals surface area contributed by atoms with E-state index < -0.39 is 34.6 Å². The van der Waals surface area contributed by atoms with E-state index in [4.69, 9.17) is 21.3 Å². The zero-order valence-corrected chi connectivity index (χ0v) is 24.5. The van der Waals surface area contributed by atoms with Crippen molar-refractivity contribution in [3.63, 3.8) is 0 Å². The first-order valence-corrected chi connectivity index (χ1v) is 14.5. The Hall–Kier alpha value is -3.97. The summed E-state index contributed by atoms with van der Waals surface area (Å²) in [5.41, 5.74) is 1.68. The van der Waals surface area contributed by atoms with Gasteiger partial charge in [-0.2, -0.15) is 0 Å². The lowest BCUT2D eigenvalue weighted by molar-refractivity contribution is -0.139. The third-order valence-corrected chi connectivity index (χ3v) is 8.39. The molecule has 2 aromatic heterocycles. The van der Waals surface area contributed by atoms with Crippen molar-refractivity contribution in [1.29, 1.82) is 0 Å². The molecule has 2 aliphatic rings. The summed E-state index contributed by atoms with van der Waals surface area (Å²) < 4.78 is 34.0. The number of amidine groups is 1. The van der Waals surface area contributed by atoms with Crippen LogP contribution in [-0.4, -0.2) is 57.5 Å². The third-order valence-electron chi connectivity index (χ3n) is 7.22. The number of aromatic nitrogens is 3. The number of halogens is 3. The normalized spacial score (nSPS) is 17.6. The minimum Gasteiger partial charge on any atom is -0.478 e. The number of carbonyl (C=O) groups excluding carboxylic acids is 1. The quantitative estimate of drug-likeness (QED) is 0.278. The average molecular weight is 617 g/mol. The number of hydrogen-bond donors (Lipinski definition) is 2. The van der Waals surface area contributed by atoms with Gasteiger partial charge in [0.2, 0.25) is 5.95 Å². The fraction of sp³-hybridized carbons (Fsp3) is 0.357. The van der Waals surface area contributed by atoms with Crippen LogP contribution < -0.4 is 10.2 Å². The fourth-order valence-corrected chi connectivity index (χ4v) is 6.11. The number of hydrogen-bond acceptors (Lipinski definition) is 10. The maximum absolute atomic E-state index is 14.6. The van der Waals surface area contributed by atoms with Crippen LogP contribution in [0.25, 0.3) is 0 Å². The van der Waals surface area contributed by atoms with Gasteiger partial charge in [-0.1, -0.05) is 17.7 Å². The lowest BCUT2D eigenvalue weighted by Gasteiger charge is -2.37. The lowest BCUT2D eigenvalue weighted by atomic mass is 9.85. The van der Waals surface area contributed by atoms with Gasteiger partial charge in [-0.05, 0) is 39.7 Å². The second-order valence-corrected chi connectivity index (χ2v) is 11.1. The van der Waals surface area contributed by atoms with Crippen molar-refractivity contribution in [2.45, 2.75) is 39.7 Å². The van der Waals surface area contributed by atoms with Crippen LogP contribution in [0.15, 0.2) is 40.0 Å². The number of allylic oxidation sites excluding steroid dienone is 1. The molecule has 1 saturated heterocycles. The first kappa shape index (κ1) is 29.5. The molecule has 0 radical (unpaired) electrons. The smallest absolute Gasteiger partial charge is 0.339 e. The van der Waals surface area contributed by atoms with Crippen LogP contribution in [0, 0.1) is 31.4 Å². The number of nitrogens with zero attached hydrogens (tertiary/aromatic N) is 5. The number of aliphatic imine (C=N–C) groups is 1. The first-order chi connectivity index (χ1) is 20.1. The molecular formula is C28H27ClF2N6O4S. The summed E-state index contributed by atoms with van der Waals surface area (Å²) in [4.78, 5) is 44.9. The highest BCUT2D eigenvalue weighted by molar-refractivity contribution is 7.11. The Morgan fingerprint density at radius 3 is 2.48 bits per heavy atom. The van der Waals surface area contributed by atoms with Crippen molar-refractivity contribution in [3.05, 3.63) is 79.2 Å². The molecule has 220 valence electrons. The lowest BCUT2D eigenvalue weighted by Crippen LogP contribution is -2.42. The Morgan fingerprint density at radius 1 is 1.19 bits per heavy atom. The van der Waals surface area contributed by atoms with E-state index in [-0.39, 0.29) is 29.2 Å². The molecule has 1 aromatic carbocycles. The number of esters is 1. The summed E-state index contributed by atoms with van der Waals surface area (Å²) in [5.74, 6) is -3.43. The van der Waals surface area contributed by atoms with Crippen LogP contribution in [0.2, 0.25) is 5.02 Å². The molecule has 5 rings (SSSR count). The maximum Gasteiger partial charge on any atom is 0.339 e. The highest BCUT2D eigenvalue weighted by Crippen LogP contribution is 2.41. The van der Waals surface area contributed by atoms with Gasteiger partial charge in [-0.25, -0.2) is 33.3 Å². The number of ether oxygens (including phenoxy) is 1. The van der Waals surface area contributed by atoms with Gasteiger partial charge < -0.3 is 20.1 Å². The van der Waals surface area contributed by atoms with Crippen LogP contribution in [0.5, 0.6) is 0 Å². The van der Waals surface area contributed by atoms with Gasteiger partial charge >= 0.3 is 11.9 Å². The Kier molecular flexibility index (Phi) is 8.50. The van der Waals surface area contributed by atoms with Crippen molar-refractivity contribution in [1.82, 2.24) is 20.3 Å². The highest BCUT2D eigenvalue weighted by Gasteiger charge is 2.38. The van der Waals surface area contributed by atoms with Crippen molar-refractivity contribution >= 4 is 46.7 Å². The second kappa shape index (κ2) is 12.1. The molecule has 1 fully saturated rings. The predicted molar refractivity (Wildman–Crippen MR) is 153 cm³/mol. The van der Waals surface area contributed by atoms with Gasteiger partial charge in [-0.15, -0.1) is 11.3 Å². The van der Waals surface area contributed by atoms with E-state index in [1.165, 1.54) is 17.4 Å². The average Bonchev–Trinajstić information content (AvgIpc) is 3.50. The van der Waals surface area contributed by atoms with Gasteiger partial charge in [0.25, 0.3) is 0 Å². The van der Waals surface area contributed by atoms with Crippen molar-refractivity contribution in [2.24, 2.45) is 10.9 Å². The zero-order valence-electron chi connectivity index (χ0n) is 22.9.